The van der Waals surface area contributed by atoms with Gasteiger partial charge in [-0.3, -0.25) is 4.79 Å². The number of likely N-dealkylation sites (N-methyl/N-ethyl adjacent to an activating group) is 1. The van der Waals surface area contributed by atoms with E-state index in [-0.39, 0.29) is 17.8 Å². The second kappa shape index (κ2) is 10.1. The Kier molecular flexibility index (Phi) is 7.51. The average Bonchev–Trinajstić information content (AvgIpc) is 3.21. The largest absolute Gasteiger partial charge is 0.474 e. The molecule has 1 aliphatic heterocycles. The molecule has 1 amide bonds. The number of aromatic nitrogens is 1. The number of carbonyl (C=O) groups excluding carboxylic acids is 1. The molecule has 0 aliphatic carbocycles. The van der Waals surface area contributed by atoms with Gasteiger partial charge in [0.25, 0.3) is 5.91 Å². The molecular weight excluding hydrogens is 407 g/mol. The number of fused-ring (bicyclic) bond motifs is 1. The molecule has 32 heavy (non-hydrogen) atoms. The lowest BCUT2D eigenvalue weighted by molar-refractivity contribution is 0.0948. The minimum atomic E-state index is -0.330. The number of nitrogens with zero attached hydrogens (tertiary/aromatic N) is 2. The monoisotopic (exact) mass is 440 g/mol. The van der Waals surface area contributed by atoms with Gasteiger partial charge in [-0.1, -0.05) is 13.8 Å². The van der Waals surface area contributed by atoms with E-state index in [0.29, 0.717) is 34.8 Å². The molecular formula is C25H33FN4O2. The number of aliphatic imine (C=N–C) groups is 1. The second-order valence-electron chi connectivity index (χ2n) is 8.25. The van der Waals surface area contributed by atoms with Gasteiger partial charge in [-0.15, -0.1) is 0 Å². The highest BCUT2D eigenvalue weighted by Gasteiger charge is 2.25. The maximum atomic E-state index is 14.0. The van der Waals surface area contributed by atoms with Crippen molar-refractivity contribution < 1.29 is 13.9 Å². The van der Waals surface area contributed by atoms with Crippen molar-refractivity contribution in [3.8, 4) is 0 Å². The summed E-state index contributed by atoms with van der Waals surface area (Å²) in [7, 11) is 0. The Labute approximate surface area is 189 Å². The fraction of sp³-hybridized carbons (Fsp3) is 0.440. The van der Waals surface area contributed by atoms with Crippen molar-refractivity contribution in [2.24, 2.45) is 4.99 Å². The van der Waals surface area contributed by atoms with Crippen LogP contribution in [0.3, 0.4) is 0 Å². The quantitative estimate of drug-likeness (QED) is 0.616. The van der Waals surface area contributed by atoms with Crippen LogP contribution in [0.15, 0.2) is 23.2 Å². The van der Waals surface area contributed by atoms with Crippen LogP contribution >= 0.6 is 0 Å². The molecule has 3 rings (SSSR count). The van der Waals surface area contributed by atoms with E-state index in [9.17, 15) is 9.18 Å². The fourth-order valence-corrected chi connectivity index (χ4v) is 3.92. The first-order valence-corrected chi connectivity index (χ1v) is 11.2. The van der Waals surface area contributed by atoms with E-state index in [1.165, 1.54) is 12.1 Å². The molecule has 0 atom stereocenters. The summed E-state index contributed by atoms with van der Waals surface area (Å²) in [6.07, 6.45) is 1.82. The Bertz CT molecular complexity index is 1050. The number of H-pyrrole nitrogens is 1. The molecule has 0 radical (unpaired) electrons. The number of hydrogen-bond acceptors (Lipinski definition) is 4. The van der Waals surface area contributed by atoms with Crippen LogP contribution in [0.1, 0.15) is 60.6 Å². The third-order valence-corrected chi connectivity index (χ3v) is 5.65. The van der Waals surface area contributed by atoms with Crippen LogP contribution in [0.5, 0.6) is 0 Å². The minimum absolute atomic E-state index is 0.0741. The first-order chi connectivity index (χ1) is 15.2. The van der Waals surface area contributed by atoms with Crippen LogP contribution in [-0.2, 0) is 4.74 Å². The van der Waals surface area contributed by atoms with Crippen molar-refractivity contribution in [1.29, 1.82) is 0 Å². The maximum absolute atomic E-state index is 14.0. The SMILES string of the molecule is CCN(CC)CCNC(=O)c1c(C)[nH]c(/C=C2\C(OC(C)C)=Nc3ccc(F)cc32)c1C. The van der Waals surface area contributed by atoms with Crippen LogP contribution in [0.25, 0.3) is 11.6 Å². The molecule has 1 aliphatic rings. The van der Waals surface area contributed by atoms with Gasteiger partial charge in [-0.25, -0.2) is 9.38 Å². The summed E-state index contributed by atoms with van der Waals surface area (Å²) in [5.74, 6) is 0.0269. The predicted octanol–water partition coefficient (Wildman–Crippen LogP) is 4.85. The highest BCUT2D eigenvalue weighted by molar-refractivity contribution is 6.29. The summed E-state index contributed by atoms with van der Waals surface area (Å²) >= 11 is 0. The number of rotatable bonds is 8. The van der Waals surface area contributed by atoms with Crippen molar-refractivity contribution in [3.05, 3.63) is 52.1 Å². The number of halogens is 1. The van der Waals surface area contributed by atoms with Crippen molar-refractivity contribution in [3.63, 3.8) is 0 Å². The zero-order valence-electron chi connectivity index (χ0n) is 19.8. The lowest BCUT2D eigenvalue weighted by Crippen LogP contribution is -2.35. The number of benzene rings is 1. The fourth-order valence-electron chi connectivity index (χ4n) is 3.92. The van der Waals surface area contributed by atoms with Gasteiger partial charge in [0.2, 0.25) is 5.90 Å². The zero-order chi connectivity index (χ0) is 23.4. The molecule has 6 nitrogen and oxygen atoms in total. The molecule has 1 aromatic carbocycles. The molecule has 0 unspecified atom stereocenters. The molecule has 0 saturated heterocycles. The van der Waals surface area contributed by atoms with E-state index < -0.39 is 0 Å². The summed E-state index contributed by atoms with van der Waals surface area (Å²) in [5.41, 5.74) is 5.09. The standard InChI is InChI=1S/C25H33FN4O2/c1-7-30(8-2)12-11-27-24(31)23-16(5)22(28-17(23)6)14-20-19-13-18(26)9-10-21(19)29-25(20)32-15(3)4/h9-10,13-15,28H,7-8,11-12H2,1-6H3,(H,27,31)/b20-14-. The van der Waals surface area contributed by atoms with Gasteiger partial charge >= 0.3 is 0 Å². The topological polar surface area (TPSA) is 69.7 Å². The van der Waals surface area contributed by atoms with E-state index in [1.54, 1.807) is 6.07 Å². The van der Waals surface area contributed by atoms with Crippen LogP contribution < -0.4 is 5.32 Å². The van der Waals surface area contributed by atoms with Crippen molar-refractivity contribution in [2.75, 3.05) is 26.2 Å². The van der Waals surface area contributed by atoms with Crippen LogP contribution in [-0.4, -0.2) is 54.0 Å². The Hall–Kier alpha value is -2.93. The number of carbonyl (C=O) groups is 1. The van der Waals surface area contributed by atoms with E-state index in [1.807, 2.05) is 33.8 Å². The number of hydrogen-bond donors (Lipinski definition) is 2. The maximum Gasteiger partial charge on any atom is 0.253 e. The van der Waals surface area contributed by atoms with Crippen molar-refractivity contribution in [1.82, 2.24) is 15.2 Å². The normalized spacial score (nSPS) is 14.3. The number of amides is 1. The molecule has 7 heteroatoms. The summed E-state index contributed by atoms with van der Waals surface area (Å²) in [5, 5.41) is 3.03. The number of aromatic amines is 1. The van der Waals surface area contributed by atoms with Gasteiger partial charge in [0.1, 0.15) is 5.82 Å². The smallest absolute Gasteiger partial charge is 0.253 e. The van der Waals surface area contributed by atoms with E-state index in [0.717, 1.165) is 36.6 Å². The van der Waals surface area contributed by atoms with Crippen LogP contribution in [0, 0.1) is 19.7 Å². The molecule has 2 heterocycles. The molecule has 0 bridgehead atoms. The summed E-state index contributed by atoms with van der Waals surface area (Å²) in [6, 6.07) is 4.51. The molecule has 0 fully saturated rings. The summed E-state index contributed by atoms with van der Waals surface area (Å²) in [4.78, 5) is 23.0. The Morgan fingerprint density at radius 3 is 2.66 bits per heavy atom. The van der Waals surface area contributed by atoms with E-state index >= 15 is 0 Å². The lowest BCUT2D eigenvalue weighted by Gasteiger charge is -2.18. The lowest BCUT2D eigenvalue weighted by atomic mass is 10.0. The average molecular weight is 441 g/mol. The van der Waals surface area contributed by atoms with Crippen LogP contribution in [0.4, 0.5) is 10.1 Å². The highest BCUT2D eigenvalue weighted by Crippen LogP contribution is 2.37. The summed E-state index contributed by atoms with van der Waals surface area (Å²) in [6.45, 7) is 15.2. The molecule has 1 aromatic heterocycles. The van der Waals surface area contributed by atoms with Gasteiger partial charge in [-0.2, -0.15) is 0 Å². The first-order valence-electron chi connectivity index (χ1n) is 11.2. The molecule has 172 valence electrons. The van der Waals surface area contributed by atoms with Gasteiger partial charge in [-0.05, 0) is 70.6 Å². The highest BCUT2D eigenvalue weighted by atomic mass is 19.1. The first kappa shape index (κ1) is 23.7. The number of ether oxygens (including phenoxy) is 1. The number of nitrogens with one attached hydrogen (secondary N) is 2. The Morgan fingerprint density at radius 2 is 2.00 bits per heavy atom. The summed E-state index contributed by atoms with van der Waals surface area (Å²) < 4.78 is 19.9. The van der Waals surface area contributed by atoms with Gasteiger partial charge < -0.3 is 19.9 Å². The minimum Gasteiger partial charge on any atom is -0.474 e. The van der Waals surface area contributed by atoms with E-state index in [2.05, 4.69) is 34.0 Å². The van der Waals surface area contributed by atoms with Crippen molar-refractivity contribution in [2.45, 2.75) is 47.6 Å². The Balaban J connectivity index is 1.89. The molecule has 2 aromatic rings. The molecule has 2 N–H and O–H groups in total. The Morgan fingerprint density at radius 1 is 1.28 bits per heavy atom. The second-order valence-corrected chi connectivity index (χ2v) is 8.25. The van der Waals surface area contributed by atoms with E-state index in [4.69, 9.17) is 4.74 Å². The molecule has 0 saturated carbocycles. The van der Waals surface area contributed by atoms with Crippen molar-refractivity contribution >= 4 is 29.1 Å². The van der Waals surface area contributed by atoms with Gasteiger partial charge in [0.05, 0.1) is 17.4 Å². The zero-order valence-corrected chi connectivity index (χ0v) is 19.8. The van der Waals surface area contributed by atoms with Gasteiger partial charge in [0, 0.05) is 35.6 Å². The number of aryl methyl sites for hydroxylation is 1. The molecule has 0 spiro atoms. The van der Waals surface area contributed by atoms with Gasteiger partial charge in [0.15, 0.2) is 0 Å². The third kappa shape index (κ3) is 5.10. The van der Waals surface area contributed by atoms with Crippen LogP contribution in [0.2, 0.25) is 0 Å². The predicted molar refractivity (Wildman–Crippen MR) is 128 cm³/mol. The third-order valence-electron chi connectivity index (χ3n) is 5.65.